The highest BCUT2D eigenvalue weighted by Gasteiger charge is 2.52. The first-order valence-electron chi connectivity index (χ1n) is 18.7. The molecule has 250 valence electrons. The Morgan fingerprint density at radius 1 is 0.389 bits per heavy atom. The molecular weight excluding hydrogens is 653 g/mol. The van der Waals surface area contributed by atoms with Gasteiger partial charge in [0.2, 0.25) is 0 Å². The van der Waals surface area contributed by atoms with Crippen LogP contribution in [0.15, 0.2) is 194 Å². The minimum absolute atomic E-state index is 0.417. The van der Waals surface area contributed by atoms with Crippen molar-refractivity contribution < 1.29 is 0 Å². The summed E-state index contributed by atoms with van der Waals surface area (Å²) in [7, 11) is 0. The molecule has 0 unspecified atom stereocenters. The smallest absolute Gasteiger partial charge is 0.145 e. The van der Waals surface area contributed by atoms with Crippen LogP contribution in [0.3, 0.4) is 0 Å². The molecule has 0 amide bonds. The zero-order valence-corrected chi connectivity index (χ0v) is 29.4. The van der Waals surface area contributed by atoms with E-state index in [2.05, 4.69) is 199 Å². The average Bonchev–Trinajstić information content (AvgIpc) is 3.87. The topological polar surface area (TPSA) is 17.8 Å². The van der Waals surface area contributed by atoms with E-state index in [9.17, 15) is 0 Å². The van der Waals surface area contributed by atoms with E-state index in [-0.39, 0.29) is 0 Å². The second-order valence-electron chi connectivity index (χ2n) is 14.7. The van der Waals surface area contributed by atoms with Crippen LogP contribution >= 0.6 is 0 Å². The van der Waals surface area contributed by atoms with Gasteiger partial charge in [-0.1, -0.05) is 152 Å². The summed E-state index contributed by atoms with van der Waals surface area (Å²) in [6, 6.07) is 71.4. The first-order valence-corrected chi connectivity index (χ1v) is 18.7. The van der Waals surface area contributed by atoms with Gasteiger partial charge in [-0.25, -0.2) is 4.98 Å². The van der Waals surface area contributed by atoms with Crippen LogP contribution in [0.2, 0.25) is 0 Å². The summed E-state index contributed by atoms with van der Waals surface area (Å²) in [6.07, 6.45) is 0. The number of benzene rings is 9. The summed E-state index contributed by atoms with van der Waals surface area (Å²) in [6.45, 7) is 0. The van der Waals surface area contributed by atoms with Crippen molar-refractivity contribution in [1.82, 2.24) is 9.55 Å². The summed E-state index contributed by atoms with van der Waals surface area (Å²) in [5.41, 5.74) is 17.0. The van der Waals surface area contributed by atoms with Gasteiger partial charge in [-0.05, 0) is 120 Å². The summed E-state index contributed by atoms with van der Waals surface area (Å²) < 4.78 is 2.27. The minimum atomic E-state index is -0.417. The van der Waals surface area contributed by atoms with Gasteiger partial charge in [-0.15, -0.1) is 0 Å². The predicted molar refractivity (Wildman–Crippen MR) is 223 cm³/mol. The lowest BCUT2D eigenvalue weighted by Crippen LogP contribution is -2.26. The molecule has 0 saturated heterocycles. The summed E-state index contributed by atoms with van der Waals surface area (Å²) in [5, 5.41) is 5.08. The standard InChI is InChI=1S/C52H32N2/c1-3-13-33(14-4-1)51-53-48-32-37(25-28-49(48)54(51)39-17-5-2-6-18-39)36-23-26-40-38(29-36)24-27-43-44-30-34-15-7-8-16-35(34)31-47(44)52(50(40)43)45-21-11-9-19-41(45)42-20-10-12-22-46(42)52/h1-32H. The number of hydrogen-bond acceptors (Lipinski definition) is 1. The molecule has 0 aliphatic heterocycles. The lowest BCUT2D eigenvalue weighted by molar-refractivity contribution is 0.802. The lowest BCUT2D eigenvalue weighted by atomic mass is 9.69. The van der Waals surface area contributed by atoms with Crippen LogP contribution in [0.1, 0.15) is 22.3 Å². The van der Waals surface area contributed by atoms with Crippen LogP contribution in [0.5, 0.6) is 0 Å². The fourth-order valence-corrected chi connectivity index (χ4v) is 9.72. The molecule has 0 bridgehead atoms. The Balaban J connectivity index is 1.08. The van der Waals surface area contributed by atoms with Crippen LogP contribution < -0.4 is 0 Å². The van der Waals surface area contributed by atoms with E-state index >= 15 is 0 Å². The van der Waals surface area contributed by atoms with Gasteiger partial charge in [-0.2, -0.15) is 0 Å². The Kier molecular flexibility index (Phi) is 6.01. The van der Waals surface area contributed by atoms with Gasteiger partial charge in [0, 0.05) is 11.3 Å². The van der Waals surface area contributed by atoms with E-state index in [0.29, 0.717) is 0 Å². The van der Waals surface area contributed by atoms with Crippen molar-refractivity contribution in [2.75, 3.05) is 0 Å². The summed E-state index contributed by atoms with van der Waals surface area (Å²) in [4.78, 5) is 5.25. The third-order valence-electron chi connectivity index (χ3n) is 12.0. The Morgan fingerprint density at radius 3 is 1.78 bits per heavy atom. The highest BCUT2D eigenvalue weighted by molar-refractivity contribution is 6.07. The second kappa shape index (κ2) is 11.0. The molecule has 1 spiro atoms. The highest BCUT2D eigenvalue weighted by atomic mass is 15.1. The van der Waals surface area contributed by atoms with E-state index < -0.39 is 5.41 Å². The maximum Gasteiger partial charge on any atom is 0.145 e. The number of fused-ring (bicyclic) bond motifs is 14. The van der Waals surface area contributed by atoms with E-state index in [0.717, 1.165) is 33.7 Å². The quantitative estimate of drug-likeness (QED) is 0.181. The number of hydrogen-bond donors (Lipinski definition) is 0. The van der Waals surface area contributed by atoms with Crippen LogP contribution in [0.4, 0.5) is 0 Å². The molecule has 0 fully saturated rings. The van der Waals surface area contributed by atoms with Crippen LogP contribution in [-0.2, 0) is 5.41 Å². The maximum absolute atomic E-state index is 5.25. The SMILES string of the molecule is c1ccc(-c2nc3cc(-c4ccc5c6c(ccc5c4)-c4cc5ccccc5cc4C64c5ccccc5-c5ccccc54)ccc3n2-c2ccccc2)cc1. The van der Waals surface area contributed by atoms with E-state index in [1.165, 1.54) is 71.6 Å². The molecule has 54 heavy (non-hydrogen) atoms. The van der Waals surface area contributed by atoms with Crippen LogP contribution in [-0.4, -0.2) is 9.55 Å². The summed E-state index contributed by atoms with van der Waals surface area (Å²) in [5.74, 6) is 0.942. The third-order valence-corrected chi connectivity index (χ3v) is 12.0. The molecule has 1 aromatic heterocycles. The number of nitrogens with zero attached hydrogens (tertiary/aromatic N) is 2. The molecule has 0 atom stereocenters. The van der Waals surface area contributed by atoms with Gasteiger partial charge in [-0.3, -0.25) is 4.57 Å². The molecule has 0 saturated carbocycles. The molecular formula is C52H32N2. The number of imidazole rings is 1. The molecule has 0 radical (unpaired) electrons. The Morgan fingerprint density at radius 2 is 1.02 bits per heavy atom. The Bertz CT molecular complexity index is 3110. The van der Waals surface area contributed by atoms with Gasteiger partial charge in [0.1, 0.15) is 5.82 Å². The van der Waals surface area contributed by atoms with Crippen molar-refractivity contribution in [3.05, 3.63) is 216 Å². The first-order chi connectivity index (χ1) is 26.8. The van der Waals surface area contributed by atoms with Crippen molar-refractivity contribution in [1.29, 1.82) is 0 Å². The molecule has 12 rings (SSSR count). The van der Waals surface area contributed by atoms with Gasteiger partial charge in [0.15, 0.2) is 0 Å². The minimum Gasteiger partial charge on any atom is -0.292 e. The van der Waals surface area contributed by atoms with E-state index in [4.69, 9.17) is 4.98 Å². The number of para-hydroxylation sites is 1. The van der Waals surface area contributed by atoms with Crippen molar-refractivity contribution in [2.45, 2.75) is 5.41 Å². The maximum atomic E-state index is 5.25. The molecule has 9 aromatic carbocycles. The first kappa shape index (κ1) is 29.5. The third kappa shape index (κ3) is 3.92. The van der Waals surface area contributed by atoms with Gasteiger partial charge in [0.05, 0.1) is 16.4 Å². The second-order valence-corrected chi connectivity index (χ2v) is 14.7. The van der Waals surface area contributed by atoms with Gasteiger partial charge >= 0.3 is 0 Å². The zero-order chi connectivity index (χ0) is 35.4. The molecule has 2 aliphatic rings. The van der Waals surface area contributed by atoms with Crippen LogP contribution in [0, 0.1) is 0 Å². The molecule has 2 nitrogen and oxygen atoms in total. The number of aromatic nitrogens is 2. The molecule has 2 aliphatic carbocycles. The highest BCUT2D eigenvalue weighted by Crippen LogP contribution is 2.64. The van der Waals surface area contributed by atoms with Crippen molar-refractivity contribution in [3.63, 3.8) is 0 Å². The Hall–Kier alpha value is -7.03. The van der Waals surface area contributed by atoms with Crippen molar-refractivity contribution in [3.8, 4) is 50.5 Å². The number of rotatable bonds is 3. The van der Waals surface area contributed by atoms with Crippen molar-refractivity contribution >= 4 is 32.6 Å². The normalized spacial score (nSPS) is 13.3. The van der Waals surface area contributed by atoms with Gasteiger partial charge in [0.25, 0.3) is 0 Å². The fraction of sp³-hybridized carbons (Fsp3) is 0.0192. The molecule has 10 aromatic rings. The van der Waals surface area contributed by atoms with E-state index in [1.807, 2.05) is 0 Å². The molecule has 2 heteroatoms. The van der Waals surface area contributed by atoms with Crippen molar-refractivity contribution in [2.24, 2.45) is 0 Å². The lowest BCUT2D eigenvalue weighted by Gasteiger charge is -2.31. The average molecular weight is 685 g/mol. The van der Waals surface area contributed by atoms with Crippen LogP contribution in [0.25, 0.3) is 83.0 Å². The predicted octanol–water partition coefficient (Wildman–Crippen LogP) is 13.0. The molecule has 1 heterocycles. The largest absolute Gasteiger partial charge is 0.292 e. The molecule has 0 N–H and O–H groups in total. The van der Waals surface area contributed by atoms with E-state index in [1.54, 1.807) is 0 Å². The zero-order valence-electron chi connectivity index (χ0n) is 29.4. The fourth-order valence-electron chi connectivity index (χ4n) is 9.72. The van der Waals surface area contributed by atoms with Gasteiger partial charge < -0.3 is 0 Å². The summed E-state index contributed by atoms with van der Waals surface area (Å²) >= 11 is 0. The Labute approximate surface area is 313 Å². The monoisotopic (exact) mass is 684 g/mol.